The van der Waals surface area contributed by atoms with Gasteiger partial charge in [0.2, 0.25) is 0 Å². The number of carbonyl (C=O) groups is 3. The lowest BCUT2D eigenvalue weighted by molar-refractivity contribution is -0.120. The summed E-state index contributed by atoms with van der Waals surface area (Å²) >= 11 is 6.22. The van der Waals surface area contributed by atoms with Crippen LogP contribution in [0.3, 0.4) is 0 Å². The zero-order chi connectivity index (χ0) is 22.7. The van der Waals surface area contributed by atoms with E-state index in [1.807, 2.05) is 19.1 Å². The molecular formula is C24H20ClN3O4. The van der Waals surface area contributed by atoms with Gasteiger partial charge in [-0.2, -0.15) is 0 Å². The van der Waals surface area contributed by atoms with Gasteiger partial charge in [0.05, 0.1) is 18.5 Å². The number of anilines is 2. The van der Waals surface area contributed by atoms with Crippen molar-refractivity contribution in [2.45, 2.75) is 19.9 Å². The van der Waals surface area contributed by atoms with E-state index in [2.05, 4.69) is 10.6 Å². The van der Waals surface area contributed by atoms with Crippen molar-refractivity contribution in [3.63, 3.8) is 0 Å². The number of amides is 3. The van der Waals surface area contributed by atoms with Crippen LogP contribution in [-0.4, -0.2) is 17.7 Å². The molecule has 0 radical (unpaired) electrons. The number of carbonyl (C=O) groups excluding carboxylic acids is 3. The molecule has 1 aliphatic rings. The molecule has 7 nitrogen and oxygen atoms in total. The Morgan fingerprint density at radius 1 is 1.00 bits per heavy atom. The number of hydrogen-bond donors (Lipinski definition) is 2. The highest BCUT2D eigenvalue weighted by atomic mass is 35.5. The molecule has 2 aromatic carbocycles. The van der Waals surface area contributed by atoms with E-state index in [1.165, 1.54) is 0 Å². The molecule has 0 atom stereocenters. The summed E-state index contributed by atoms with van der Waals surface area (Å²) in [6.07, 6.45) is 2.20. The topological polar surface area (TPSA) is 91.7 Å². The van der Waals surface area contributed by atoms with Crippen molar-refractivity contribution in [1.82, 2.24) is 5.32 Å². The van der Waals surface area contributed by atoms with Gasteiger partial charge in [-0.05, 0) is 54.4 Å². The highest BCUT2D eigenvalue weighted by Gasteiger charge is 2.39. The fraction of sp³-hybridized carbons (Fsp3) is 0.125. The van der Waals surface area contributed by atoms with Crippen LogP contribution < -0.4 is 15.5 Å². The molecule has 0 fully saturated rings. The van der Waals surface area contributed by atoms with Gasteiger partial charge < -0.3 is 15.1 Å². The molecule has 0 bridgehead atoms. The number of nitrogens with zero attached hydrogens (tertiary/aromatic N) is 1. The van der Waals surface area contributed by atoms with Crippen LogP contribution in [0.25, 0.3) is 0 Å². The third-order valence-electron chi connectivity index (χ3n) is 5.06. The summed E-state index contributed by atoms with van der Waals surface area (Å²) in [7, 11) is 0. The molecule has 0 aliphatic carbocycles. The predicted octanol–water partition coefficient (Wildman–Crippen LogP) is 4.21. The summed E-state index contributed by atoms with van der Waals surface area (Å²) < 4.78 is 5.19. The number of benzene rings is 2. The second kappa shape index (κ2) is 9.11. The number of hydrogen-bond acceptors (Lipinski definition) is 5. The van der Waals surface area contributed by atoms with Crippen molar-refractivity contribution < 1.29 is 18.8 Å². The summed E-state index contributed by atoms with van der Waals surface area (Å²) in [5, 5.41) is 5.50. The molecule has 4 rings (SSSR count). The van der Waals surface area contributed by atoms with Gasteiger partial charge in [0.1, 0.15) is 16.5 Å². The summed E-state index contributed by atoms with van der Waals surface area (Å²) in [5.74, 6) is -0.716. The fourth-order valence-corrected chi connectivity index (χ4v) is 3.60. The Labute approximate surface area is 189 Å². The fourth-order valence-electron chi connectivity index (χ4n) is 3.39. The van der Waals surface area contributed by atoms with Gasteiger partial charge in [-0.25, -0.2) is 4.90 Å². The smallest absolute Gasteiger partial charge is 0.283 e. The summed E-state index contributed by atoms with van der Waals surface area (Å²) in [4.78, 5) is 39.1. The Balaban J connectivity index is 1.47. The Hall–Kier alpha value is -3.84. The molecule has 2 heterocycles. The standard InChI is InChI=1S/C24H20ClN3O4/c1-2-15-6-3-4-8-19(15)28-23(30)20(25)21(24(28)31)27-17-11-9-16(10-12-17)22(29)26-14-18-7-5-13-32-18/h3-13,27H,2,14H2,1H3,(H,26,29). The normalized spacial score (nSPS) is 13.6. The van der Waals surface area contributed by atoms with Gasteiger partial charge in [-0.15, -0.1) is 0 Å². The molecule has 8 heteroatoms. The maximum atomic E-state index is 13.0. The Morgan fingerprint density at radius 2 is 1.75 bits per heavy atom. The zero-order valence-electron chi connectivity index (χ0n) is 17.2. The Morgan fingerprint density at radius 3 is 2.44 bits per heavy atom. The Kier molecular flexibility index (Phi) is 6.09. The van der Waals surface area contributed by atoms with Gasteiger partial charge in [0.25, 0.3) is 17.7 Å². The molecule has 1 aliphatic heterocycles. The summed E-state index contributed by atoms with van der Waals surface area (Å²) in [6.45, 7) is 2.23. The molecular weight excluding hydrogens is 430 g/mol. The zero-order valence-corrected chi connectivity index (χ0v) is 18.0. The average molecular weight is 450 g/mol. The quantitative estimate of drug-likeness (QED) is 0.527. The minimum Gasteiger partial charge on any atom is -0.467 e. The molecule has 3 aromatic rings. The Bertz CT molecular complexity index is 1200. The van der Waals surface area contributed by atoms with E-state index in [0.717, 1.165) is 10.5 Å². The van der Waals surface area contributed by atoms with Crippen LogP contribution in [0.5, 0.6) is 0 Å². The van der Waals surface area contributed by atoms with E-state index < -0.39 is 11.8 Å². The molecule has 32 heavy (non-hydrogen) atoms. The molecule has 0 spiro atoms. The number of furan rings is 1. The van der Waals surface area contributed by atoms with Crippen molar-refractivity contribution in [3.8, 4) is 0 Å². The first kappa shape index (κ1) is 21.4. The van der Waals surface area contributed by atoms with E-state index in [4.69, 9.17) is 16.0 Å². The van der Waals surface area contributed by atoms with Crippen LogP contribution in [0.2, 0.25) is 0 Å². The van der Waals surface area contributed by atoms with Crippen LogP contribution >= 0.6 is 11.6 Å². The van der Waals surface area contributed by atoms with Crippen molar-refractivity contribution in [2.24, 2.45) is 0 Å². The van der Waals surface area contributed by atoms with Crippen LogP contribution in [-0.2, 0) is 22.6 Å². The van der Waals surface area contributed by atoms with Crippen molar-refractivity contribution in [2.75, 3.05) is 10.2 Å². The first-order chi connectivity index (χ1) is 15.5. The molecule has 0 saturated carbocycles. The van der Waals surface area contributed by atoms with E-state index in [1.54, 1.807) is 54.8 Å². The lowest BCUT2D eigenvalue weighted by Crippen LogP contribution is -2.33. The molecule has 0 unspecified atom stereocenters. The van der Waals surface area contributed by atoms with Crippen LogP contribution in [0, 0.1) is 0 Å². The number of rotatable bonds is 7. The highest BCUT2D eigenvalue weighted by Crippen LogP contribution is 2.32. The minimum atomic E-state index is -0.575. The number of imide groups is 1. The largest absolute Gasteiger partial charge is 0.467 e. The summed E-state index contributed by atoms with van der Waals surface area (Å²) in [5.41, 5.74) is 2.34. The number of aryl methyl sites for hydroxylation is 1. The van der Waals surface area contributed by atoms with E-state index in [0.29, 0.717) is 29.1 Å². The van der Waals surface area contributed by atoms with Gasteiger partial charge in [0.15, 0.2) is 0 Å². The molecule has 0 saturated heterocycles. The van der Waals surface area contributed by atoms with Gasteiger partial charge in [-0.1, -0.05) is 36.7 Å². The maximum absolute atomic E-state index is 13.0. The third-order valence-corrected chi connectivity index (χ3v) is 5.41. The van der Waals surface area contributed by atoms with E-state index >= 15 is 0 Å². The predicted molar refractivity (Wildman–Crippen MR) is 121 cm³/mol. The lowest BCUT2D eigenvalue weighted by Gasteiger charge is -2.18. The van der Waals surface area contributed by atoms with Gasteiger partial charge in [0, 0.05) is 11.3 Å². The monoisotopic (exact) mass is 449 g/mol. The maximum Gasteiger partial charge on any atom is 0.283 e. The van der Waals surface area contributed by atoms with Gasteiger partial charge in [-0.3, -0.25) is 14.4 Å². The number of halogens is 1. The first-order valence-electron chi connectivity index (χ1n) is 10.0. The molecule has 162 valence electrons. The van der Waals surface area contributed by atoms with Gasteiger partial charge >= 0.3 is 0 Å². The number of nitrogens with one attached hydrogen (secondary N) is 2. The lowest BCUT2D eigenvalue weighted by atomic mass is 10.1. The second-order valence-electron chi connectivity index (χ2n) is 7.08. The average Bonchev–Trinajstić information content (AvgIpc) is 3.41. The van der Waals surface area contributed by atoms with Crippen LogP contribution in [0.15, 0.2) is 82.1 Å². The molecule has 3 amide bonds. The van der Waals surface area contributed by atoms with Crippen LogP contribution in [0.4, 0.5) is 11.4 Å². The third kappa shape index (κ3) is 4.15. The van der Waals surface area contributed by atoms with Crippen LogP contribution in [0.1, 0.15) is 28.6 Å². The first-order valence-corrected chi connectivity index (χ1v) is 10.4. The second-order valence-corrected chi connectivity index (χ2v) is 7.46. The SMILES string of the molecule is CCc1ccccc1N1C(=O)C(Cl)=C(Nc2ccc(C(=O)NCc3ccco3)cc2)C1=O. The molecule has 2 N–H and O–H groups in total. The highest BCUT2D eigenvalue weighted by molar-refractivity contribution is 6.53. The van der Waals surface area contributed by atoms with Crippen molar-refractivity contribution in [1.29, 1.82) is 0 Å². The minimum absolute atomic E-state index is 0.00223. The van der Waals surface area contributed by atoms with E-state index in [-0.39, 0.29) is 23.2 Å². The summed E-state index contributed by atoms with van der Waals surface area (Å²) in [6, 6.07) is 17.2. The van der Waals surface area contributed by atoms with Crippen molar-refractivity contribution in [3.05, 3.63) is 94.5 Å². The van der Waals surface area contributed by atoms with Crippen molar-refractivity contribution >= 4 is 40.7 Å². The van der Waals surface area contributed by atoms with E-state index in [9.17, 15) is 14.4 Å². The number of para-hydroxylation sites is 1. The molecule has 1 aromatic heterocycles.